The van der Waals surface area contributed by atoms with Crippen LogP contribution in [0.1, 0.15) is 44.2 Å². The fraction of sp³-hybridized carbons (Fsp3) is 0.429. The van der Waals surface area contributed by atoms with E-state index in [-0.39, 0.29) is 11.6 Å². The van der Waals surface area contributed by atoms with Gasteiger partial charge in [0.15, 0.2) is 0 Å². The average Bonchev–Trinajstić information content (AvgIpc) is 3.24. The van der Waals surface area contributed by atoms with E-state index in [2.05, 4.69) is 33.7 Å². The van der Waals surface area contributed by atoms with Crippen molar-refractivity contribution in [2.75, 3.05) is 6.61 Å². The molecule has 1 fully saturated rings. The van der Waals surface area contributed by atoms with E-state index >= 15 is 0 Å². The maximum Gasteiger partial charge on any atom is 0.132 e. The first kappa shape index (κ1) is 18.5. The molecule has 0 N–H and O–H groups in total. The maximum atomic E-state index is 6.34. The Bertz CT molecular complexity index is 1210. The van der Waals surface area contributed by atoms with Crippen molar-refractivity contribution < 1.29 is 4.74 Å². The van der Waals surface area contributed by atoms with Gasteiger partial charge in [0.05, 0.1) is 28.5 Å². The van der Waals surface area contributed by atoms with Crippen LogP contribution in [0, 0.1) is 6.92 Å². The summed E-state index contributed by atoms with van der Waals surface area (Å²) in [5, 5.41) is 10.1. The molecule has 150 valence electrons. The van der Waals surface area contributed by atoms with Crippen LogP contribution in [-0.2, 0) is 11.3 Å². The molecule has 29 heavy (non-hydrogen) atoms. The normalized spacial score (nSPS) is 19.2. The number of ether oxygens (including phenoxy) is 1. The SMILES string of the molecule is Cc1cn(Cc2nc3cnc4ccc(Cl)cc4c3n2C2CCOC(C)(C)C2)nn1. The maximum absolute atomic E-state index is 6.34. The first-order valence-corrected chi connectivity index (χ1v) is 10.2. The standard InChI is InChI=1S/C21H23ClN6O/c1-13-11-27(26-25-13)12-19-24-18-10-23-17-5-4-14(22)8-16(17)20(18)28(19)15-6-7-29-21(2,3)9-15/h4-5,8,10-11,15H,6-7,9,12H2,1-3H3. The zero-order valence-electron chi connectivity index (χ0n) is 16.8. The number of halogens is 1. The summed E-state index contributed by atoms with van der Waals surface area (Å²) in [7, 11) is 0. The molecule has 3 aromatic heterocycles. The molecule has 0 bridgehead atoms. The molecule has 0 saturated carbocycles. The summed E-state index contributed by atoms with van der Waals surface area (Å²) in [6, 6.07) is 6.09. The molecule has 1 aliphatic rings. The van der Waals surface area contributed by atoms with Crippen molar-refractivity contribution in [3.8, 4) is 0 Å². The number of hydrogen-bond acceptors (Lipinski definition) is 5. The zero-order valence-corrected chi connectivity index (χ0v) is 17.5. The Labute approximate surface area is 173 Å². The lowest BCUT2D eigenvalue weighted by Crippen LogP contribution is -2.35. The number of nitrogens with zero attached hydrogens (tertiary/aromatic N) is 6. The van der Waals surface area contributed by atoms with E-state index in [0.717, 1.165) is 52.9 Å². The predicted octanol–water partition coefficient (Wildman–Crippen LogP) is 4.32. The van der Waals surface area contributed by atoms with Crippen molar-refractivity contribution >= 4 is 33.5 Å². The molecule has 1 aliphatic heterocycles. The van der Waals surface area contributed by atoms with Gasteiger partial charge in [0, 0.05) is 29.3 Å². The summed E-state index contributed by atoms with van der Waals surface area (Å²) >= 11 is 6.34. The molecule has 0 amide bonds. The summed E-state index contributed by atoms with van der Waals surface area (Å²) in [6.45, 7) is 7.51. The van der Waals surface area contributed by atoms with Crippen LogP contribution in [-0.4, -0.2) is 41.7 Å². The van der Waals surface area contributed by atoms with Crippen LogP contribution in [0.4, 0.5) is 0 Å². The van der Waals surface area contributed by atoms with E-state index in [4.69, 9.17) is 21.3 Å². The number of rotatable bonds is 3. The summed E-state index contributed by atoms with van der Waals surface area (Å²) in [6.07, 6.45) is 5.63. The lowest BCUT2D eigenvalue weighted by Gasteiger charge is -2.37. The van der Waals surface area contributed by atoms with E-state index in [1.54, 1.807) is 0 Å². The van der Waals surface area contributed by atoms with E-state index in [9.17, 15) is 0 Å². The molecule has 0 radical (unpaired) electrons. The fourth-order valence-electron chi connectivity index (χ4n) is 4.34. The molecule has 8 heteroatoms. The lowest BCUT2D eigenvalue weighted by molar-refractivity contribution is -0.0688. The number of benzene rings is 1. The average molecular weight is 411 g/mol. The monoisotopic (exact) mass is 410 g/mol. The van der Waals surface area contributed by atoms with Crippen LogP contribution in [0.25, 0.3) is 21.9 Å². The van der Waals surface area contributed by atoms with Gasteiger partial charge in [0.1, 0.15) is 17.9 Å². The van der Waals surface area contributed by atoms with E-state index < -0.39 is 0 Å². The highest BCUT2D eigenvalue weighted by molar-refractivity contribution is 6.31. The summed E-state index contributed by atoms with van der Waals surface area (Å²) in [5.41, 5.74) is 3.57. The molecule has 4 heterocycles. The molecule has 0 aliphatic carbocycles. The Morgan fingerprint density at radius 3 is 2.90 bits per heavy atom. The van der Waals surface area contributed by atoms with Crippen molar-refractivity contribution in [1.82, 2.24) is 29.5 Å². The minimum atomic E-state index is -0.179. The third-order valence-corrected chi connectivity index (χ3v) is 5.78. The van der Waals surface area contributed by atoms with Crippen molar-refractivity contribution in [3.05, 3.63) is 47.1 Å². The number of hydrogen-bond donors (Lipinski definition) is 0. The third kappa shape index (κ3) is 3.38. The number of aromatic nitrogens is 6. The number of pyridine rings is 1. The Morgan fingerprint density at radius 1 is 1.28 bits per heavy atom. The molecule has 1 saturated heterocycles. The van der Waals surface area contributed by atoms with Gasteiger partial charge >= 0.3 is 0 Å². The Balaban J connectivity index is 1.74. The Kier molecular flexibility index (Phi) is 4.33. The lowest BCUT2D eigenvalue weighted by atomic mass is 9.93. The van der Waals surface area contributed by atoms with Crippen molar-refractivity contribution in [3.63, 3.8) is 0 Å². The highest BCUT2D eigenvalue weighted by atomic mass is 35.5. The van der Waals surface area contributed by atoms with Crippen LogP contribution >= 0.6 is 11.6 Å². The van der Waals surface area contributed by atoms with Crippen LogP contribution in [0.15, 0.2) is 30.6 Å². The van der Waals surface area contributed by atoms with Crippen LogP contribution < -0.4 is 0 Å². The minimum absolute atomic E-state index is 0.179. The Morgan fingerprint density at radius 2 is 2.14 bits per heavy atom. The van der Waals surface area contributed by atoms with Gasteiger partial charge in [-0.15, -0.1) is 5.10 Å². The highest BCUT2D eigenvalue weighted by Crippen LogP contribution is 2.37. The summed E-state index contributed by atoms with van der Waals surface area (Å²) in [4.78, 5) is 9.54. The topological polar surface area (TPSA) is 70.7 Å². The van der Waals surface area contributed by atoms with Crippen LogP contribution in [0.2, 0.25) is 5.02 Å². The number of aryl methyl sites for hydroxylation is 1. The molecular weight excluding hydrogens is 388 g/mol. The summed E-state index contributed by atoms with van der Waals surface area (Å²) in [5.74, 6) is 0.946. The van der Waals surface area contributed by atoms with Crippen LogP contribution in [0.5, 0.6) is 0 Å². The van der Waals surface area contributed by atoms with Crippen molar-refractivity contribution in [1.29, 1.82) is 0 Å². The van der Waals surface area contributed by atoms with Crippen molar-refractivity contribution in [2.45, 2.75) is 51.8 Å². The van der Waals surface area contributed by atoms with Gasteiger partial charge in [-0.2, -0.15) is 0 Å². The molecule has 1 unspecified atom stereocenters. The van der Waals surface area contributed by atoms with Gasteiger partial charge in [-0.3, -0.25) is 4.98 Å². The summed E-state index contributed by atoms with van der Waals surface area (Å²) < 4.78 is 10.2. The van der Waals surface area contributed by atoms with Gasteiger partial charge in [0.25, 0.3) is 0 Å². The number of imidazole rings is 1. The second kappa shape index (κ2) is 6.78. The molecular formula is C21H23ClN6O. The van der Waals surface area contributed by atoms with Gasteiger partial charge in [-0.05, 0) is 51.8 Å². The largest absolute Gasteiger partial charge is 0.375 e. The van der Waals surface area contributed by atoms with E-state index in [1.165, 1.54) is 0 Å². The Hall–Kier alpha value is -2.51. The van der Waals surface area contributed by atoms with Gasteiger partial charge in [0.2, 0.25) is 0 Å². The molecule has 1 aromatic carbocycles. The molecule has 5 rings (SSSR count). The van der Waals surface area contributed by atoms with Crippen molar-refractivity contribution in [2.24, 2.45) is 0 Å². The third-order valence-electron chi connectivity index (χ3n) is 5.54. The smallest absolute Gasteiger partial charge is 0.132 e. The minimum Gasteiger partial charge on any atom is -0.375 e. The van der Waals surface area contributed by atoms with E-state index in [1.807, 2.05) is 42.2 Å². The quantitative estimate of drug-likeness (QED) is 0.503. The number of fused-ring (bicyclic) bond motifs is 3. The highest BCUT2D eigenvalue weighted by Gasteiger charge is 2.32. The zero-order chi connectivity index (χ0) is 20.2. The van der Waals surface area contributed by atoms with Gasteiger partial charge < -0.3 is 9.30 Å². The second-order valence-electron chi connectivity index (χ2n) is 8.36. The predicted molar refractivity (Wildman–Crippen MR) is 112 cm³/mol. The van der Waals surface area contributed by atoms with E-state index in [0.29, 0.717) is 11.6 Å². The second-order valence-corrected chi connectivity index (χ2v) is 8.80. The van der Waals surface area contributed by atoms with Gasteiger partial charge in [-0.1, -0.05) is 16.8 Å². The fourth-order valence-corrected chi connectivity index (χ4v) is 4.51. The molecule has 7 nitrogen and oxygen atoms in total. The first-order valence-electron chi connectivity index (χ1n) is 9.85. The van der Waals surface area contributed by atoms with Crippen LogP contribution in [0.3, 0.4) is 0 Å². The molecule has 0 spiro atoms. The molecule has 1 atom stereocenters. The van der Waals surface area contributed by atoms with Gasteiger partial charge in [-0.25, -0.2) is 9.67 Å². The first-order chi connectivity index (χ1) is 13.9. The molecule has 4 aromatic rings.